The summed E-state index contributed by atoms with van der Waals surface area (Å²) in [5.41, 5.74) is 1.46. The quantitative estimate of drug-likeness (QED) is 0.686. The van der Waals surface area contributed by atoms with Gasteiger partial charge in [0.2, 0.25) is 0 Å². The summed E-state index contributed by atoms with van der Waals surface area (Å²) in [5.74, 6) is 3.00. The van der Waals surface area contributed by atoms with E-state index >= 15 is 0 Å². The van der Waals surface area contributed by atoms with E-state index in [0.29, 0.717) is 4.75 Å². The normalized spacial score (nSPS) is 43.6. The van der Waals surface area contributed by atoms with E-state index in [4.69, 9.17) is 11.6 Å². The molecule has 1 aromatic carbocycles. The number of rotatable bonds is 3. The molecule has 0 spiro atoms. The number of hydrogen-bond acceptors (Lipinski definition) is 1. The maximum atomic E-state index is 6.89. The van der Waals surface area contributed by atoms with Crippen molar-refractivity contribution in [2.75, 3.05) is 0 Å². The van der Waals surface area contributed by atoms with E-state index in [1.54, 1.807) is 0 Å². The third-order valence-corrected chi connectivity index (χ3v) is 7.33. The lowest BCUT2D eigenvalue weighted by Crippen LogP contribution is -2.55. The van der Waals surface area contributed by atoms with Crippen LogP contribution in [0.3, 0.4) is 0 Å². The second-order valence-electron chi connectivity index (χ2n) is 7.07. The van der Waals surface area contributed by atoms with Crippen LogP contribution in [0.2, 0.25) is 0 Å². The smallest absolute Gasteiger partial charge is 0.0465 e. The van der Waals surface area contributed by atoms with E-state index < -0.39 is 0 Å². The van der Waals surface area contributed by atoms with E-state index in [0.717, 1.165) is 17.6 Å². The topological polar surface area (TPSA) is 0 Å². The molecule has 4 aliphatic rings. The average Bonchev–Trinajstić information content (AvgIpc) is 2.35. The fourth-order valence-electron chi connectivity index (χ4n) is 5.05. The van der Waals surface area contributed by atoms with Crippen molar-refractivity contribution >= 4 is 23.4 Å². The van der Waals surface area contributed by atoms with Crippen LogP contribution in [-0.4, -0.2) is 9.62 Å². The minimum atomic E-state index is 0.160. The first-order valence-electron chi connectivity index (χ1n) is 7.52. The van der Waals surface area contributed by atoms with E-state index in [9.17, 15) is 0 Å². The molecule has 0 aromatic heterocycles. The van der Waals surface area contributed by atoms with Crippen LogP contribution in [0.5, 0.6) is 0 Å². The fraction of sp³-hybridized carbons (Fsp3) is 0.647. The fourth-order valence-corrected chi connectivity index (χ4v) is 7.57. The van der Waals surface area contributed by atoms with Gasteiger partial charge in [0.15, 0.2) is 0 Å². The zero-order valence-corrected chi connectivity index (χ0v) is 12.8. The first-order chi connectivity index (χ1) is 9.15. The van der Waals surface area contributed by atoms with Gasteiger partial charge in [-0.2, -0.15) is 11.8 Å². The minimum absolute atomic E-state index is 0.160. The molecule has 102 valence electrons. The van der Waals surface area contributed by atoms with Crippen molar-refractivity contribution in [2.24, 2.45) is 11.8 Å². The Bertz CT molecular complexity index is 455. The molecule has 4 saturated carbocycles. The Kier molecular flexibility index (Phi) is 2.93. The second-order valence-corrected chi connectivity index (χ2v) is 9.31. The number of halogens is 1. The van der Waals surface area contributed by atoms with Crippen LogP contribution in [0.4, 0.5) is 0 Å². The van der Waals surface area contributed by atoms with Gasteiger partial charge in [0.25, 0.3) is 0 Å². The standard InChI is InChI=1S/C17H21ClS/c18-16-7-14-6-15(8-16)10-17(9-14,12-16)19-11-13-4-2-1-3-5-13/h1-5,14-15H,6-12H2. The minimum Gasteiger partial charge on any atom is -0.150 e. The summed E-state index contributed by atoms with van der Waals surface area (Å²) in [6.45, 7) is 0. The maximum absolute atomic E-state index is 6.89. The highest BCUT2D eigenvalue weighted by molar-refractivity contribution is 7.99. The zero-order chi connectivity index (χ0) is 12.9. The average molecular weight is 293 g/mol. The highest BCUT2D eigenvalue weighted by atomic mass is 35.5. The summed E-state index contributed by atoms with van der Waals surface area (Å²) >= 11 is 9.09. The molecular weight excluding hydrogens is 272 g/mol. The Hall–Kier alpha value is -0.140. The van der Waals surface area contributed by atoms with Crippen LogP contribution < -0.4 is 0 Å². The van der Waals surface area contributed by atoms with E-state index in [2.05, 4.69) is 42.1 Å². The largest absolute Gasteiger partial charge is 0.150 e. The van der Waals surface area contributed by atoms with Crippen LogP contribution in [0.15, 0.2) is 30.3 Å². The van der Waals surface area contributed by atoms with Crippen LogP contribution in [0.25, 0.3) is 0 Å². The molecule has 0 heterocycles. The molecule has 0 aliphatic heterocycles. The molecule has 4 fully saturated rings. The van der Waals surface area contributed by atoms with Crippen molar-refractivity contribution in [3.05, 3.63) is 35.9 Å². The summed E-state index contributed by atoms with van der Waals surface area (Å²) < 4.78 is 0.502. The molecule has 0 saturated heterocycles. The van der Waals surface area contributed by atoms with E-state index in [1.807, 2.05) is 0 Å². The Labute approximate surface area is 125 Å². The zero-order valence-electron chi connectivity index (χ0n) is 11.3. The van der Waals surface area contributed by atoms with Crippen LogP contribution >= 0.6 is 23.4 Å². The monoisotopic (exact) mass is 292 g/mol. The molecule has 2 unspecified atom stereocenters. The van der Waals surface area contributed by atoms with Crippen molar-refractivity contribution in [3.63, 3.8) is 0 Å². The van der Waals surface area contributed by atoms with Gasteiger partial charge in [-0.1, -0.05) is 30.3 Å². The summed E-state index contributed by atoms with van der Waals surface area (Å²) in [6.07, 6.45) is 8.15. The van der Waals surface area contributed by atoms with E-state index in [-0.39, 0.29) is 4.87 Å². The van der Waals surface area contributed by atoms with Crippen molar-refractivity contribution in [2.45, 2.75) is 53.9 Å². The summed E-state index contributed by atoms with van der Waals surface area (Å²) in [7, 11) is 0. The molecule has 1 aromatic rings. The van der Waals surface area contributed by atoms with Crippen molar-refractivity contribution < 1.29 is 0 Å². The number of hydrogen-bond donors (Lipinski definition) is 0. The molecule has 5 rings (SSSR count). The summed E-state index contributed by atoms with van der Waals surface area (Å²) in [4.78, 5) is 0.160. The molecular formula is C17H21ClS. The summed E-state index contributed by atoms with van der Waals surface area (Å²) in [5, 5.41) is 0. The van der Waals surface area contributed by atoms with Gasteiger partial charge < -0.3 is 0 Å². The molecule has 0 radical (unpaired) electrons. The van der Waals surface area contributed by atoms with Gasteiger partial charge in [-0.25, -0.2) is 0 Å². The lowest BCUT2D eigenvalue weighted by molar-refractivity contribution is 0.0539. The van der Waals surface area contributed by atoms with E-state index in [1.165, 1.54) is 44.1 Å². The van der Waals surface area contributed by atoms with Gasteiger partial charge in [-0.3, -0.25) is 0 Å². The van der Waals surface area contributed by atoms with Gasteiger partial charge in [0.05, 0.1) is 0 Å². The first-order valence-corrected chi connectivity index (χ1v) is 8.88. The van der Waals surface area contributed by atoms with Gasteiger partial charge >= 0.3 is 0 Å². The Morgan fingerprint density at radius 2 is 1.74 bits per heavy atom. The lowest BCUT2D eigenvalue weighted by atomic mass is 9.55. The Morgan fingerprint density at radius 3 is 2.37 bits per heavy atom. The predicted octanol–water partition coefficient (Wildman–Crippen LogP) is 5.25. The Balaban J connectivity index is 1.51. The maximum Gasteiger partial charge on any atom is 0.0465 e. The molecule has 4 bridgehead atoms. The van der Waals surface area contributed by atoms with Gasteiger partial charge in [0.1, 0.15) is 0 Å². The SMILES string of the molecule is ClC12CC3CC(C1)CC(SCc1ccccc1)(C3)C2. The van der Waals surface area contributed by atoms with Gasteiger partial charge in [0, 0.05) is 15.4 Å². The highest BCUT2D eigenvalue weighted by Gasteiger charge is 2.57. The molecule has 2 atom stereocenters. The van der Waals surface area contributed by atoms with Gasteiger partial charge in [-0.15, -0.1) is 11.6 Å². The predicted molar refractivity (Wildman–Crippen MR) is 83.7 cm³/mol. The van der Waals surface area contributed by atoms with Crippen molar-refractivity contribution in [3.8, 4) is 0 Å². The summed E-state index contributed by atoms with van der Waals surface area (Å²) in [6, 6.07) is 10.9. The van der Waals surface area contributed by atoms with Crippen LogP contribution in [0.1, 0.15) is 44.1 Å². The molecule has 0 amide bonds. The number of benzene rings is 1. The molecule has 0 N–H and O–H groups in total. The van der Waals surface area contributed by atoms with Crippen LogP contribution in [-0.2, 0) is 5.75 Å². The third kappa shape index (κ3) is 2.34. The van der Waals surface area contributed by atoms with Crippen molar-refractivity contribution in [1.82, 2.24) is 0 Å². The molecule has 4 aliphatic carbocycles. The third-order valence-electron chi connectivity index (χ3n) is 5.32. The van der Waals surface area contributed by atoms with Crippen LogP contribution in [0, 0.1) is 11.8 Å². The van der Waals surface area contributed by atoms with Gasteiger partial charge in [-0.05, 0) is 55.9 Å². The first kappa shape index (κ1) is 12.6. The Morgan fingerprint density at radius 1 is 1.05 bits per heavy atom. The second kappa shape index (κ2) is 4.43. The number of alkyl halides is 1. The number of thioether (sulfide) groups is 1. The van der Waals surface area contributed by atoms with Crippen molar-refractivity contribution in [1.29, 1.82) is 0 Å². The molecule has 0 nitrogen and oxygen atoms in total. The molecule has 2 heteroatoms. The highest BCUT2D eigenvalue weighted by Crippen LogP contribution is 2.64. The molecule has 19 heavy (non-hydrogen) atoms. The lowest BCUT2D eigenvalue weighted by Gasteiger charge is -2.59.